The molecule has 2 amide bonds. The highest BCUT2D eigenvalue weighted by Crippen LogP contribution is 2.26. The number of hydrogen-bond acceptors (Lipinski definition) is 3. The van der Waals surface area contributed by atoms with Gasteiger partial charge < -0.3 is 10.2 Å². The van der Waals surface area contributed by atoms with Crippen LogP contribution >= 0.6 is 27.7 Å². The lowest BCUT2D eigenvalue weighted by atomic mass is 9.96. The van der Waals surface area contributed by atoms with E-state index in [0.29, 0.717) is 25.4 Å². The van der Waals surface area contributed by atoms with Crippen LogP contribution in [0.5, 0.6) is 0 Å². The number of carbonyl (C=O) groups is 2. The van der Waals surface area contributed by atoms with E-state index in [9.17, 15) is 9.59 Å². The summed E-state index contributed by atoms with van der Waals surface area (Å²) in [5.41, 5.74) is 1.17. The highest BCUT2D eigenvalue weighted by Gasteiger charge is 2.26. The predicted molar refractivity (Wildman–Crippen MR) is 97.6 cm³/mol. The molecule has 1 aliphatic heterocycles. The van der Waals surface area contributed by atoms with Gasteiger partial charge in [-0.05, 0) is 50.5 Å². The first kappa shape index (κ1) is 18.3. The summed E-state index contributed by atoms with van der Waals surface area (Å²) in [6.07, 6.45) is 1.53. The largest absolute Gasteiger partial charge is 0.356 e. The zero-order chi connectivity index (χ0) is 16.8. The van der Waals surface area contributed by atoms with Crippen molar-refractivity contribution in [3.8, 4) is 0 Å². The van der Waals surface area contributed by atoms with E-state index in [4.69, 9.17) is 0 Å². The SMILES string of the molecule is CCNC(=O)C1CCN(C(=O)CSc2ccc(Br)cc2C)CC1. The van der Waals surface area contributed by atoms with Crippen LogP contribution < -0.4 is 5.32 Å². The van der Waals surface area contributed by atoms with Gasteiger partial charge in [0.25, 0.3) is 0 Å². The maximum atomic E-state index is 12.3. The molecule has 0 atom stereocenters. The Morgan fingerprint density at radius 3 is 2.65 bits per heavy atom. The van der Waals surface area contributed by atoms with Crippen molar-refractivity contribution in [1.82, 2.24) is 10.2 Å². The quantitative estimate of drug-likeness (QED) is 0.774. The molecule has 6 heteroatoms. The summed E-state index contributed by atoms with van der Waals surface area (Å²) in [5.74, 6) is 0.792. The number of nitrogens with zero attached hydrogens (tertiary/aromatic N) is 1. The van der Waals surface area contributed by atoms with Gasteiger partial charge in [0.2, 0.25) is 11.8 Å². The van der Waals surface area contributed by atoms with Gasteiger partial charge in [0, 0.05) is 34.9 Å². The molecule has 0 radical (unpaired) electrons. The average molecular weight is 399 g/mol. The number of likely N-dealkylation sites (tertiary alicyclic amines) is 1. The molecule has 4 nitrogen and oxygen atoms in total. The number of rotatable bonds is 5. The van der Waals surface area contributed by atoms with E-state index in [-0.39, 0.29) is 17.7 Å². The minimum atomic E-state index is 0.0559. The molecule has 0 saturated carbocycles. The number of carbonyl (C=O) groups excluding carboxylic acids is 2. The molecule has 2 rings (SSSR count). The van der Waals surface area contributed by atoms with Crippen LogP contribution in [0.25, 0.3) is 0 Å². The number of benzene rings is 1. The minimum Gasteiger partial charge on any atom is -0.356 e. The molecule has 1 heterocycles. The molecule has 0 bridgehead atoms. The second-order valence-corrected chi connectivity index (χ2v) is 7.68. The summed E-state index contributed by atoms with van der Waals surface area (Å²) in [4.78, 5) is 27.2. The minimum absolute atomic E-state index is 0.0559. The standard InChI is InChI=1S/C17H23BrN2O2S/c1-3-19-17(22)13-6-8-20(9-7-13)16(21)11-23-15-5-4-14(18)10-12(15)2/h4-5,10,13H,3,6-9,11H2,1-2H3,(H,19,22). The summed E-state index contributed by atoms with van der Waals surface area (Å²) < 4.78 is 1.05. The maximum absolute atomic E-state index is 12.3. The van der Waals surface area contributed by atoms with Crippen molar-refractivity contribution >= 4 is 39.5 Å². The van der Waals surface area contributed by atoms with Crippen molar-refractivity contribution in [1.29, 1.82) is 0 Å². The summed E-state index contributed by atoms with van der Waals surface area (Å²) in [6.45, 7) is 6.01. The zero-order valence-corrected chi connectivity index (χ0v) is 16.0. The average Bonchev–Trinajstić information content (AvgIpc) is 2.54. The highest BCUT2D eigenvalue weighted by atomic mass is 79.9. The molecule has 1 saturated heterocycles. The van der Waals surface area contributed by atoms with Crippen LogP contribution in [0.1, 0.15) is 25.3 Å². The van der Waals surface area contributed by atoms with Gasteiger partial charge in [0.15, 0.2) is 0 Å². The van der Waals surface area contributed by atoms with Crippen molar-refractivity contribution in [3.63, 3.8) is 0 Å². The first-order chi connectivity index (χ1) is 11.0. The highest BCUT2D eigenvalue weighted by molar-refractivity contribution is 9.10. The molecule has 0 spiro atoms. The van der Waals surface area contributed by atoms with Crippen molar-refractivity contribution in [3.05, 3.63) is 28.2 Å². The topological polar surface area (TPSA) is 49.4 Å². The van der Waals surface area contributed by atoms with Crippen LogP contribution in [0.3, 0.4) is 0 Å². The predicted octanol–water partition coefficient (Wildman–Crippen LogP) is 3.22. The van der Waals surface area contributed by atoms with Gasteiger partial charge in [0.1, 0.15) is 0 Å². The van der Waals surface area contributed by atoms with Crippen molar-refractivity contribution in [2.24, 2.45) is 5.92 Å². The molecule has 1 aromatic carbocycles. The Morgan fingerprint density at radius 1 is 1.35 bits per heavy atom. The number of piperidine rings is 1. The fraction of sp³-hybridized carbons (Fsp3) is 0.529. The Balaban J connectivity index is 1.80. The molecule has 0 unspecified atom stereocenters. The monoisotopic (exact) mass is 398 g/mol. The summed E-state index contributed by atoms with van der Waals surface area (Å²) >= 11 is 5.03. The smallest absolute Gasteiger partial charge is 0.232 e. The molecule has 1 N–H and O–H groups in total. The Bertz CT molecular complexity index is 572. The third-order valence-electron chi connectivity index (χ3n) is 4.06. The molecule has 0 aromatic heterocycles. The molecule has 0 aliphatic carbocycles. The van der Waals surface area contributed by atoms with Gasteiger partial charge >= 0.3 is 0 Å². The number of aryl methyl sites for hydroxylation is 1. The molecule has 1 aromatic rings. The molecular weight excluding hydrogens is 376 g/mol. The number of amides is 2. The Kier molecular flexibility index (Phi) is 6.96. The van der Waals surface area contributed by atoms with E-state index in [1.54, 1.807) is 11.8 Å². The van der Waals surface area contributed by atoms with Gasteiger partial charge in [0.05, 0.1) is 5.75 Å². The van der Waals surface area contributed by atoms with Crippen LogP contribution in [-0.4, -0.2) is 42.1 Å². The lowest BCUT2D eigenvalue weighted by molar-refractivity contribution is -0.133. The first-order valence-corrected chi connectivity index (χ1v) is 9.73. The number of hydrogen-bond donors (Lipinski definition) is 1. The van der Waals surface area contributed by atoms with Crippen LogP contribution in [0.15, 0.2) is 27.6 Å². The molecular formula is C17H23BrN2O2S. The molecule has 23 heavy (non-hydrogen) atoms. The number of thioether (sulfide) groups is 1. The fourth-order valence-corrected chi connectivity index (χ4v) is 4.10. The fourth-order valence-electron chi connectivity index (χ4n) is 2.72. The Labute approximate surface area is 150 Å². The third-order valence-corrected chi connectivity index (χ3v) is 5.71. The van der Waals surface area contributed by atoms with E-state index in [1.165, 1.54) is 5.56 Å². The second kappa shape index (κ2) is 8.73. The second-order valence-electron chi connectivity index (χ2n) is 5.75. The Hall–Kier alpha value is -1.01. The maximum Gasteiger partial charge on any atom is 0.232 e. The van der Waals surface area contributed by atoms with E-state index in [2.05, 4.69) is 34.2 Å². The van der Waals surface area contributed by atoms with Crippen LogP contribution in [0.4, 0.5) is 0 Å². The van der Waals surface area contributed by atoms with E-state index >= 15 is 0 Å². The van der Waals surface area contributed by atoms with Gasteiger partial charge in [-0.2, -0.15) is 0 Å². The van der Waals surface area contributed by atoms with E-state index in [0.717, 1.165) is 22.2 Å². The lowest BCUT2D eigenvalue weighted by Crippen LogP contribution is -2.43. The van der Waals surface area contributed by atoms with Crippen molar-refractivity contribution in [2.45, 2.75) is 31.6 Å². The summed E-state index contributed by atoms with van der Waals surface area (Å²) in [5, 5.41) is 2.87. The first-order valence-electron chi connectivity index (χ1n) is 7.95. The van der Waals surface area contributed by atoms with Crippen molar-refractivity contribution < 1.29 is 9.59 Å². The summed E-state index contributed by atoms with van der Waals surface area (Å²) in [6, 6.07) is 6.10. The number of nitrogens with one attached hydrogen (secondary N) is 1. The third kappa shape index (κ3) is 5.24. The zero-order valence-electron chi connectivity index (χ0n) is 13.6. The van der Waals surface area contributed by atoms with Crippen LogP contribution in [0.2, 0.25) is 0 Å². The Morgan fingerprint density at radius 2 is 2.04 bits per heavy atom. The van der Waals surface area contributed by atoms with Crippen molar-refractivity contribution in [2.75, 3.05) is 25.4 Å². The normalized spacial score (nSPS) is 15.5. The van der Waals surface area contributed by atoms with Gasteiger partial charge in [-0.25, -0.2) is 0 Å². The van der Waals surface area contributed by atoms with Crippen LogP contribution in [0, 0.1) is 12.8 Å². The summed E-state index contributed by atoms with van der Waals surface area (Å²) in [7, 11) is 0. The molecule has 1 aliphatic rings. The van der Waals surface area contributed by atoms with Gasteiger partial charge in [-0.15, -0.1) is 11.8 Å². The lowest BCUT2D eigenvalue weighted by Gasteiger charge is -2.31. The van der Waals surface area contributed by atoms with Crippen LogP contribution in [-0.2, 0) is 9.59 Å². The molecule has 1 fully saturated rings. The number of halogens is 1. The van der Waals surface area contributed by atoms with E-state index in [1.807, 2.05) is 24.0 Å². The van der Waals surface area contributed by atoms with Gasteiger partial charge in [-0.1, -0.05) is 15.9 Å². The van der Waals surface area contributed by atoms with E-state index < -0.39 is 0 Å². The molecule has 126 valence electrons. The van der Waals surface area contributed by atoms with Gasteiger partial charge in [-0.3, -0.25) is 9.59 Å².